The van der Waals surface area contributed by atoms with Gasteiger partial charge in [0.1, 0.15) is 11.2 Å². The van der Waals surface area contributed by atoms with Gasteiger partial charge in [0.2, 0.25) is 0 Å². The molecule has 0 saturated carbocycles. The van der Waals surface area contributed by atoms with E-state index in [9.17, 15) is 0 Å². The molecule has 0 unspecified atom stereocenters. The molecule has 11 rings (SSSR count). The molecule has 3 heterocycles. The van der Waals surface area contributed by atoms with Gasteiger partial charge in [-0.1, -0.05) is 170 Å². The molecule has 0 spiro atoms. The number of aromatic nitrogens is 3. The van der Waals surface area contributed by atoms with Crippen LogP contribution in [0, 0.1) is 0 Å². The van der Waals surface area contributed by atoms with E-state index < -0.39 is 0 Å². The van der Waals surface area contributed by atoms with E-state index in [1.807, 2.05) is 42.5 Å². The van der Waals surface area contributed by atoms with Crippen molar-refractivity contribution in [3.8, 4) is 67.4 Å². The molecule has 0 N–H and O–H groups in total. The van der Waals surface area contributed by atoms with Crippen molar-refractivity contribution < 1.29 is 4.42 Å². The van der Waals surface area contributed by atoms with Gasteiger partial charge >= 0.3 is 0 Å². The molecule has 4 nitrogen and oxygen atoms in total. The predicted molar refractivity (Wildman–Crippen MR) is 235 cm³/mol. The molecule has 0 bridgehead atoms. The molecule has 0 atom stereocenters. The lowest BCUT2D eigenvalue weighted by molar-refractivity contribution is 0.673. The molecule has 0 saturated heterocycles. The van der Waals surface area contributed by atoms with Crippen molar-refractivity contribution in [1.29, 1.82) is 0 Å². The maximum atomic E-state index is 6.55. The smallest absolute Gasteiger partial charge is 0.160 e. The lowest BCUT2D eigenvalue weighted by Gasteiger charge is -2.12. The Hall–Kier alpha value is -7.69. The van der Waals surface area contributed by atoms with Gasteiger partial charge < -0.3 is 4.42 Å². The number of nitrogens with zero attached hydrogens (tertiary/aromatic N) is 3. The van der Waals surface area contributed by atoms with Gasteiger partial charge in [-0.05, 0) is 52.6 Å². The van der Waals surface area contributed by atoms with Crippen LogP contribution in [-0.2, 0) is 0 Å². The molecule has 0 aliphatic heterocycles. The SMILES string of the molecule is c1ccc(-c2ccc(-c3cc(-c4ccccc4)nc(-c4ccc(-c5cccc(-c6nc7ccccc7c7c6ccc6c8ccccc8oc67)c5)cc4)n3)cc2)cc1. The summed E-state index contributed by atoms with van der Waals surface area (Å²) >= 11 is 0. The maximum absolute atomic E-state index is 6.55. The Labute approximate surface area is 329 Å². The highest BCUT2D eigenvalue weighted by Crippen LogP contribution is 2.41. The van der Waals surface area contributed by atoms with Gasteiger partial charge in [0, 0.05) is 49.2 Å². The van der Waals surface area contributed by atoms with Crippen molar-refractivity contribution in [2.75, 3.05) is 0 Å². The van der Waals surface area contributed by atoms with E-state index >= 15 is 0 Å². The molecule has 11 aromatic rings. The van der Waals surface area contributed by atoms with E-state index in [1.54, 1.807) is 0 Å². The average Bonchev–Trinajstić information content (AvgIpc) is 3.68. The lowest BCUT2D eigenvalue weighted by Crippen LogP contribution is -1.96. The molecular formula is C53H33N3O. The average molecular weight is 728 g/mol. The molecule has 0 radical (unpaired) electrons. The van der Waals surface area contributed by atoms with Crippen molar-refractivity contribution in [1.82, 2.24) is 15.0 Å². The lowest BCUT2D eigenvalue weighted by atomic mass is 9.95. The molecular weight excluding hydrogens is 695 g/mol. The van der Waals surface area contributed by atoms with Crippen molar-refractivity contribution in [3.05, 3.63) is 200 Å². The summed E-state index contributed by atoms with van der Waals surface area (Å²) in [6.45, 7) is 0. The summed E-state index contributed by atoms with van der Waals surface area (Å²) in [5, 5.41) is 5.46. The Morgan fingerprint density at radius 1 is 0.316 bits per heavy atom. The minimum absolute atomic E-state index is 0.683. The molecule has 57 heavy (non-hydrogen) atoms. The minimum Gasteiger partial charge on any atom is -0.455 e. The van der Waals surface area contributed by atoms with Crippen LogP contribution in [-0.4, -0.2) is 15.0 Å². The fourth-order valence-electron chi connectivity index (χ4n) is 8.04. The quantitative estimate of drug-likeness (QED) is 0.160. The van der Waals surface area contributed by atoms with Gasteiger partial charge in [-0.2, -0.15) is 0 Å². The third-order valence-electron chi connectivity index (χ3n) is 10.9. The molecule has 0 fully saturated rings. The summed E-state index contributed by atoms with van der Waals surface area (Å²) < 4.78 is 6.55. The summed E-state index contributed by atoms with van der Waals surface area (Å²) in [6.07, 6.45) is 0. The Morgan fingerprint density at radius 3 is 1.60 bits per heavy atom. The number of para-hydroxylation sites is 2. The minimum atomic E-state index is 0.683. The van der Waals surface area contributed by atoms with E-state index in [1.165, 1.54) is 11.1 Å². The second-order valence-electron chi connectivity index (χ2n) is 14.4. The van der Waals surface area contributed by atoms with Crippen LogP contribution < -0.4 is 0 Å². The highest BCUT2D eigenvalue weighted by molar-refractivity contribution is 6.24. The van der Waals surface area contributed by atoms with Crippen molar-refractivity contribution in [2.45, 2.75) is 0 Å². The van der Waals surface area contributed by atoms with Gasteiger partial charge in [0.25, 0.3) is 0 Å². The first kappa shape index (κ1) is 32.7. The van der Waals surface area contributed by atoms with Crippen molar-refractivity contribution in [3.63, 3.8) is 0 Å². The van der Waals surface area contributed by atoms with E-state index in [2.05, 4.69) is 158 Å². The first-order valence-electron chi connectivity index (χ1n) is 19.2. The van der Waals surface area contributed by atoms with Crippen molar-refractivity contribution in [2.24, 2.45) is 0 Å². The first-order chi connectivity index (χ1) is 28.2. The van der Waals surface area contributed by atoms with Crippen molar-refractivity contribution >= 4 is 43.6 Å². The molecule has 8 aromatic carbocycles. The Morgan fingerprint density at radius 2 is 0.842 bits per heavy atom. The number of benzene rings is 8. The molecule has 0 aliphatic rings. The monoisotopic (exact) mass is 727 g/mol. The van der Waals surface area contributed by atoms with E-state index in [-0.39, 0.29) is 0 Å². The van der Waals surface area contributed by atoms with Crippen LogP contribution in [0.15, 0.2) is 205 Å². The molecule has 0 amide bonds. The van der Waals surface area contributed by atoms with Crippen LogP contribution in [0.1, 0.15) is 0 Å². The fraction of sp³-hybridized carbons (Fsp3) is 0. The van der Waals surface area contributed by atoms with Gasteiger partial charge in [-0.15, -0.1) is 0 Å². The number of furan rings is 1. The maximum Gasteiger partial charge on any atom is 0.160 e. The topological polar surface area (TPSA) is 51.8 Å². The zero-order valence-corrected chi connectivity index (χ0v) is 30.8. The zero-order valence-electron chi connectivity index (χ0n) is 30.8. The Kier molecular flexibility index (Phi) is 7.78. The van der Waals surface area contributed by atoms with Crippen LogP contribution in [0.2, 0.25) is 0 Å². The number of pyridine rings is 1. The predicted octanol–water partition coefficient (Wildman–Crippen LogP) is 14.1. The van der Waals surface area contributed by atoms with Gasteiger partial charge in [0.05, 0.1) is 22.6 Å². The molecule has 4 heteroatoms. The number of rotatable bonds is 6. The highest BCUT2D eigenvalue weighted by atomic mass is 16.3. The molecule has 0 aliphatic carbocycles. The largest absolute Gasteiger partial charge is 0.455 e. The number of fused-ring (bicyclic) bond motifs is 7. The number of hydrogen-bond donors (Lipinski definition) is 0. The standard InChI is InChI=1S/C53H33N3O/c1-3-12-34(13-4-1)35-22-26-38(27-23-35)48-33-47(37-14-5-2-6-15-37)55-53(56-48)39-28-24-36(25-29-39)40-16-11-17-41(32-40)51-45-31-30-43-42-18-8-10-21-49(42)57-52(43)50(45)44-19-7-9-20-46(44)54-51/h1-33H. The summed E-state index contributed by atoms with van der Waals surface area (Å²) in [5.74, 6) is 0.683. The Balaban J connectivity index is 0.978. The summed E-state index contributed by atoms with van der Waals surface area (Å²) in [7, 11) is 0. The van der Waals surface area contributed by atoms with E-state index in [4.69, 9.17) is 19.4 Å². The molecule has 3 aromatic heterocycles. The second-order valence-corrected chi connectivity index (χ2v) is 14.4. The van der Waals surface area contributed by atoms with E-state index in [0.717, 1.165) is 94.1 Å². The number of hydrogen-bond acceptors (Lipinski definition) is 4. The summed E-state index contributed by atoms with van der Waals surface area (Å²) in [5.41, 5.74) is 14.1. The third-order valence-corrected chi connectivity index (χ3v) is 10.9. The highest BCUT2D eigenvalue weighted by Gasteiger charge is 2.18. The van der Waals surface area contributed by atoms with Crippen LogP contribution >= 0.6 is 0 Å². The fourth-order valence-corrected chi connectivity index (χ4v) is 8.04. The Bertz CT molecular complexity index is 3260. The zero-order chi connectivity index (χ0) is 37.7. The summed E-state index contributed by atoms with van der Waals surface area (Å²) in [6, 6.07) is 69.6. The van der Waals surface area contributed by atoms with Gasteiger partial charge in [-0.3, -0.25) is 0 Å². The normalized spacial score (nSPS) is 11.5. The van der Waals surface area contributed by atoms with Gasteiger partial charge in [-0.25, -0.2) is 15.0 Å². The van der Waals surface area contributed by atoms with Crippen LogP contribution in [0.3, 0.4) is 0 Å². The summed E-state index contributed by atoms with van der Waals surface area (Å²) in [4.78, 5) is 15.5. The molecule has 266 valence electrons. The first-order valence-corrected chi connectivity index (χ1v) is 19.2. The second kappa shape index (κ2) is 13.6. The van der Waals surface area contributed by atoms with Crippen LogP contribution in [0.5, 0.6) is 0 Å². The van der Waals surface area contributed by atoms with Crippen LogP contribution in [0.4, 0.5) is 0 Å². The van der Waals surface area contributed by atoms with Gasteiger partial charge in [0.15, 0.2) is 5.82 Å². The van der Waals surface area contributed by atoms with E-state index in [0.29, 0.717) is 5.82 Å². The van der Waals surface area contributed by atoms with Crippen LogP contribution in [0.25, 0.3) is 111 Å². The third kappa shape index (κ3) is 5.83.